The Morgan fingerprint density at radius 1 is 0.963 bits per heavy atom. The first kappa shape index (κ1) is 18.8. The topological polar surface area (TPSA) is 51.2 Å². The van der Waals surface area contributed by atoms with E-state index in [0.717, 1.165) is 0 Å². The van der Waals surface area contributed by atoms with Gasteiger partial charge in [-0.3, -0.25) is 4.79 Å². The van der Waals surface area contributed by atoms with Crippen LogP contribution in [0.2, 0.25) is 0 Å². The molecular weight excluding hydrogens is 351 g/mol. The number of methoxy groups -OCH3 is 2. The minimum Gasteiger partial charge on any atom is -0.496 e. The number of ether oxygens (including phenoxy) is 3. The molecule has 0 atom stereocenters. The number of amides is 1. The van der Waals surface area contributed by atoms with Gasteiger partial charge in [0.05, 0.1) is 19.9 Å². The lowest BCUT2D eigenvalue weighted by Gasteiger charge is -2.36. The molecule has 0 aromatic heterocycles. The second-order valence-corrected chi connectivity index (χ2v) is 6.16. The van der Waals surface area contributed by atoms with Crippen LogP contribution in [-0.4, -0.2) is 57.8 Å². The molecule has 27 heavy (non-hydrogen) atoms. The quantitative estimate of drug-likeness (QED) is 0.778. The highest BCUT2D eigenvalue weighted by atomic mass is 19.1. The second-order valence-electron chi connectivity index (χ2n) is 6.16. The van der Waals surface area contributed by atoms with Gasteiger partial charge in [-0.1, -0.05) is 12.1 Å². The van der Waals surface area contributed by atoms with E-state index < -0.39 is 0 Å². The zero-order chi connectivity index (χ0) is 19.2. The van der Waals surface area contributed by atoms with Crippen LogP contribution in [0.4, 0.5) is 10.1 Å². The van der Waals surface area contributed by atoms with Crippen molar-refractivity contribution >= 4 is 11.6 Å². The van der Waals surface area contributed by atoms with Crippen LogP contribution < -0.4 is 19.1 Å². The van der Waals surface area contributed by atoms with Crippen molar-refractivity contribution in [1.82, 2.24) is 4.90 Å². The molecule has 6 nitrogen and oxygen atoms in total. The molecule has 2 aromatic rings. The molecule has 1 aliphatic rings. The van der Waals surface area contributed by atoms with Crippen molar-refractivity contribution in [2.75, 3.05) is 51.9 Å². The Morgan fingerprint density at radius 2 is 1.56 bits per heavy atom. The summed E-state index contributed by atoms with van der Waals surface area (Å²) in [7, 11) is 3.11. The highest BCUT2D eigenvalue weighted by Gasteiger charge is 2.23. The maximum absolute atomic E-state index is 13.9. The number of piperazine rings is 1. The Balaban J connectivity index is 1.54. The predicted molar refractivity (Wildman–Crippen MR) is 100 cm³/mol. The number of para-hydroxylation sites is 1. The minimum atomic E-state index is -0.243. The van der Waals surface area contributed by atoms with Gasteiger partial charge in [0.2, 0.25) is 0 Å². The average Bonchev–Trinajstić information content (AvgIpc) is 2.72. The summed E-state index contributed by atoms with van der Waals surface area (Å²) < 4.78 is 29.9. The lowest BCUT2D eigenvalue weighted by molar-refractivity contribution is -0.133. The Labute approximate surface area is 158 Å². The fraction of sp³-hybridized carbons (Fsp3) is 0.350. The van der Waals surface area contributed by atoms with Crippen molar-refractivity contribution < 1.29 is 23.4 Å². The molecule has 0 bridgehead atoms. The number of anilines is 1. The molecular formula is C20H23FN2O4. The molecule has 1 amide bonds. The first-order valence-corrected chi connectivity index (χ1v) is 8.74. The molecule has 0 N–H and O–H groups in total. The Hall–Kier alpha value is -2.96. The number of halogens is 1. The molecule has 1 saturated heterocycles. The molecule has 1 aliphatic heterocycles. The van der Waals surface area contributed by atoms with Gasteiger partial charge in [0.25, 0.3) is 5.91 Å². The van der Waals surface area contributed by atoms with Crippen molar-refractivity contribution in [1.29, 1.82) is 0 Å². The summed E-state index contributed by atoms with van der Waals surface area (Å²) in [5, 5.41) is 0. The Bertz CT molecular complexity index is 769. The number of carbonyl (C=O) groups is 1. The van der Waals surface area contributed by atoms with E-state index in [9.17, 15) is 9.18 Å². The SMILES string of the molecule is COc1cc(OC)cc(OCC(=O)N2CCN(c3ccccc3F)CC2)c1. The van der Waals surface area contributed by atoms with E-state index in [4.69, 9.17) is 14.2 Å². The van der Waals surface area contributed by atoms with Gasteiger partial charge in [-0.15, -0.1) is 0 Å². The summed E-state index contributed by atoms with van der Waals surface area (Å²) in [6, 6.07) is 11.8. The third-order valence-electron chi connectivity index (χ3n) is 4.51. The molecule has 0 aliphatic carbocycles. The van der Waals surface area contributed by atoms with Gasteiger partial charge in [0.15, 0.2) is 6.61 Å². The van der Waals surface area contributed by atoms with Crippen molar-refractivity contribution in [3.8, 4) is 17.2 Å². The van der Waals surface area contributed by atoms with E-state index in [2.05, 4.69) is 0 Å². The Morgan fingerprint density at radius 3 is 2.15 bits per heavy atom. The van der Waals surface area contributed by atoms with E-state index in [0.29, 0.717) is 49.1 Å². The van der Waals surface area contributed by atoms with Crippen LogP contribution in [0, 0.1) is 5.82 Å². The van der Waals surface area contributed by atoms with E-state index in [1.807, 2.05) is 11.0 Å². The summed E-state index contributed by atoms with van der Waals surface area (Å²) in [6.45, 7) is 2.14. The van der Waals surface area contributed by atoms with Crippen molar-refractivity contribution in [2.45, 2.75) is 0 Å². The number of benzene rings is 2. The van der Waals surface area contributed by atoms with Crippen molar-refractivity contribution in [3.63, 3.8) is 0 Å². The van der Waals surface area contributed by atoms with Gasteiger partial charge in [-0.2, -0.15) is 0 Å². The van der Waals surface area contributed by atoms with Gasteiger partial charge in [0, 0.05) is 44.4 Å². The van der Waals surface area contributed by atoms with E-state index in [-0.39, 0.29) is 18.3 Å². The largest absolute Gasteiger partial charge is 0.496 e. The number of hydrogen-bond donors (Lipinski definition) is 0. The summed E-state index contributed by atoms with van der Waals surface area (Å²) >= 11 is 0. The van der Waals surface area contributed by atoms with Gasteiger partial charge < -0.3 is 24.0 Å². The van der Waals surface area contributed by atoms with E-state index in [1.165, 1.54) is 6.07 Å². The third-order valence-corrected chi connectivity index (χ3v) is 4.51. The van der Waals surface area contributed by atoms with Crippen LogP contribution in [0.3, 0.4) is 0 Å². The number of hydrogen-bond acceptors (Lipinski definition) is 5. The van der Waals surface area contributed by atoms with Crippen LogP contribution >= 0.6 is 0 Å². The van der Waals surface area contributed by atoms with Crippen LogP contribution in [0.5, 0.6) is 17.2 Å². The lowest BCUT2D eigenvalue weighted by Crippen LogP contribution is -2.50. The normalized spacial score (nSPS) is 14.0. The molecule has 2 aromatic carbocycles. The molecule has 0 unspecified atom stereocenters. The maximum atomic E-state index is 13.9. The highest BCUT2D eigenvalue weighted by molar-refractivity contribution is 5.78. The summed E-state index contributed by atoms with van der Waals surface area (Å²) in [4.78, 5) is 16.1. The zero-order valence-electron chi connectivity index (χ0n) is 15.5. The standard InChI is InChI=1S/C20H23FN2O4/c1-25-15-11-16(26-2)13-17(12-15)27-14-20(24)23-9-7-22(8-10-23)19-6-4-3-5-18(19)21/h3-6,11-13H,7-10,14H2,1-2H3. The molecule has 0 spiro atoms. The maximum Gasteiger partial charge on any atom is 0.260 e. The average molecular weight is 374 g/mol. The number of rotatable bonds is 6. The first-order chi connectivity index (χ1) is 13.1. The number of nitrogens with zero attached hydrogens (tertiary/aromatic N) is 2. The molecule has 3 rings (SSSR count). The molecule has 1 fully saturated rings. The minimum absolute atomic E-state index is 0.0734. The highest BCUT2D eigenvalue weighted by Crippen LogP contribution is 2.27. The van der Waals surface area contributed by atoms with E-state index >= 15 is 0 Å². The zero-order valence-corrected chi connectivity index (χ0v) is 15.5. The van der Waals surface area contributed by atoms with Gasteiger partial charge >= 0.3 is 0 Å². The fourth-order valence-corrected chi connectivity index (χ4v) is 3.01. The Kier molecular flexibility index (Phi) is 6.01. The first-order valence-electron chi connectivity index (χ1n) is 8.74. The molecule has 7 heteroatoms. The molecule has 0 saturated carbocycles. The molecule has 0 radical (unpaired) electrons. The lowest BCUT2D eigenvalue weighted by atomic mass is 10.2. The third kappa shape index (κ3) is 4.61. The predicted octanol–water partition coefficient (Wildman–Crippen LogP) is 2.57. The summed E-state index contributed by atoms with van der Waals surface area (Å²) in [6.07, 6.45) is 0. The molecule has 144 valence electrons. The van der Waals surface area contributed by atoms with Crippen molar-refractivity contribution in [3.05, 3.63) is 48.3 Å². The summed E-state index contributed by atoms with van der Waals surface area (Å²) in [5.41, 5.74) is 0.573. The van der Waals surface area contributed by atoms with Crippen LogP contribution in [0.1, 0.15) is 0 Å². The smallest absolute Gasteiger partial charge is 0.260 e. The van der Waals surface area contributed by atoms with Crippen LogP contribution in [0.25, 0.3) is 0 Å². The monoisotopic (exact) mass is 374 g/mol. The van der Waals surface area contributed by atoms with Gasteiger partial charge in [-0.25, -0.2) is 4.39 Å². The summed E-state index contributed by atoms with van der Waals surface area (Å²) in [5.74, 6) is 1.34. The van der Waals surface area contributed by atoms with E-state index in [1.54, 1.807) is 49.5 Å². The van der Waals surface area contributed by atoms with Crippen LogP contribution in [0.15, 0.2) is 42.5 Å². The van der Waals surface area contributed by atoms with Crippen molar-refractivity contribution in [2.24, 2.45) is 0 Å². The van der Waals surface area contributed by atoms with Crippen LogP contribution in [-0.2, 0) is 4.79 Å². The van der Waals surface area contributed by atoms with Gasteiger partial charge in [-0.05, 0) is 12.1 Å². The fourth-order valence-electron chi connectivity index (χ4n) is 3.01. The number of carbonyl (C=O) groups excluding carboxylic acids is 1. The van der Waals surface area contributed by atoms with Gasteiger partial charge in [0.1, 0.15) is 23.1 Å². The second kappa shape index (κ2) is 8.62. The molecule has 1 heterocycles.